The molecule has 2 aliphatic heterocycles. The summed E-state index contributed by atoms with van der Waals surface area (Å²) < 4.78 is 31.4. The number of nitrogens with zero attached hydrogens (tertiary/aromatic N) is 3. The number of fused-ring (bicyclic) bond motifs is 2. The van der Waals surface area contributed by atoms with Crippen LogP contribution in [0.5, 0.6) is 11.5 Å². The van der Waals surface area contributed by atoms with Crippen molar-refractivity contribution in [2.75, 3.05) is 50.0 Å². The minimum atomic E-state index is -0.599. The van der Waals surface area contributed by atoms with Crippen molar-refractivity contribution in [2.24, 2.45) is 0 Å². The van der Waals surface area contributed by atoms with E-state index in [-0.39, 0.29) is 30.1 Å². The number of ether oxygens (including phenoxy) is 2. The van der Waals surface area contributed by atoms with Crippen LogP contribution >= 0.6 is 12.4 Å². The van der Waals surface area contributed by atoms with Crippen molar-refractivity contribution in [2.45, 2.75) is 6.42 Å². The number of anilines is 4. The molecule has 10 nitrogen and oxygen atoms in total. The molecule has 4 heterocycles. The minimum absolute atomic E-state index is 0. The van der Waals surface area contributed by atoms with E-state index in [0.717, 1.165) is 31.1 Å². The molecule has 0 bridgehead atoms. The fourth-order valence-corrected chi connectivity index (χ4v) is 4.33. The summed E-state index contributed by atoms with van der Waals surface area (Å²) >= 11 is 0. The average Bonchev–Trinajstić information content (AvgIpc) is 3.15. The van der Waals surface area contributed by atoms with Gasteiger partial charge in [-0.3, -0.25) is 4.79 Å². The maximum Gasteiger partial charge on any atom is 0.289 e. The molecule has 12 heteroatoms. The van der Waals surface area contributed by atoms with Gasteiger partial charge in [0.1, 0.15) is 18.8 Å². The predicted molar refractivity (Wildman–Crippen MR) is 143 cm³/mol. The van der Waals surface area contributed by atoms with Crippen LogP contribution in [0, 0.1) is 5.82 Å². The van der Waals surface area contributed by atoms with E-state index in [2.05, 4.69) is 25.9 Å². The molecular weight excluding hydrogens is 515 g/mol. The molecule has 0 atom stereocenters. The van der Waals surface area contributed by atoms with E-state index in [4.69, 9.17) is 13.9 Å². The lowest BCUT2D eigenvalue weighted by Gasteiger charge is -2.19. The van der Waals surface area contributed by atoms with Crippen LogP contribution in [0.2, 0.25) is 0 Å². The van der Waals surface area contributed by atoms with Gasteiger partial charge in [-0.25, -0.2) is 9.37 Å². The first-order valence-electron chi connectivity index (χ1n) is 12.1. The molecule has 0 unspecified atom stereocenters. The molecule has 0 radical (unpaired) electrons. The summed E-state index contributed by atoms with van der Waals surface area (Å²) in [5.74, 6) is 1.03. The van der Waals surface area contributed by atoms with Crippen LogP contribution in [0.4, 0.5) is 27.5 Å². The standard InChI is InChI=1S/C26H25FN6O4.ClH/c27-19-15-29-26(32-24(19)30-18-3-5-21-22(14-18)36-11-10-35-21)31-17-2-4-20-16(12-17)13-23(37-20)25(34)33-8-1-6-28-7-9-33;/h2-5,12-15,28H,1,6-11H2,(H2,29,30,31,32);1H. The van der Waals surface area contributed by atoms with Crippen molar-refractivity contribution in [3.05, 3.63) is 60.2 Å². The van der Waals surface area contributed by atoms with Gasteiger partial charge in [-0.05, 0) is 49.4 Å². The largest absolute Gasteiger partial charge is 0.486 e. The second kappa shape index (κ2) is 11.1. The highest BCUT2D eigenvalue weighted by atomic mass is 35.5. The third-order valence-electron chi connectivity index (χ3n) is 6.16. The van der Waals surface area contributed by atoms with Crippen LogP contribution in [0.25, 0.3) is 11.0 Å². The van der Waals surface area contributed by atoms with Gasteiger partial charge in [0.15, 0.2) is 28.9 Å². The number of benzene rings is 2. The number of hydrogen-bond donors (Lipinski definition) is 3. The molecule has 2 aliphatic rings. The van der Waals surface area contributed by atoms with Crippen LogP contribution in [0.1, 0.15) is 17.0 Å². The predicted octanol–water partition coefficient (Wildman–Crippen LogP) is 4.48. The van der Waals surface area contributed by atoms with Crippen LogP contribution in [0.15, 0.2) is 53.1 Å². The number of nitrogens with one attached hydrogen (secondary N) is 3. The van der Waals surface area contributed by atoms with Crippen LogP contribution in [-0.4, -0.2) is 60.2 Å². The van der Waals surface area contributed by atoms with E-state index >= 15 is 0 Å². The summed E-state index contributed by atoms with van der Waals surface area (Å²) in [5, 5.41) is 10.1. The fraction of sp³-hybridized carbons (Fsp3) is 0.269. The Hall–Kier alpha value is -4.09. The highest BCUT2D eigenvalue weighted by Crippen LogP contribution is 2.34. The van der Waals surface area contributed by atoms with Crippen LogP contribution in [0.3, 0.4) is 0 Å². The second-order valence-corrected chi connectivity index (χ2v) is 8.76. The smallest absolute Gasteiger partial charge is 0.289 e. The molecule has 0 spiro atoms. The zero-order valence-corrected chi connectivity index (χ0v) is 21.1. The second-order valence-electron chi connectivity index (χ2n) is 8.76. The Bertz CT molecular complexity index is 1460. The average molecular weight is 541 g/mol. The first kappa shape index (κ1) is 25.6. The van der Waals surface area contributed by atoms with E-state index in [0.29, 0.717) is 60.5 Å². The SMILES string of the molecule is Cl.O=C(c1cc2cc(Nc3ncc(F)c(Nc4ccc5c(c4)OCCO5)n3)ccc2o1)N1CCCNCC1. The van der Waals surface area contributed by atoms with Gasteiger partial charge in [-0.2, -0.15) is 4.98 Å². The Morgan fingerprint density at radius 3 is 2.68 bits per heavy atom. The third kappa shape index (κ3) is 5.43. The summed E-state index contributed by atoms with van der Waals surface area (Å²) in [5.41, 5.74) is 1.87. The van der Waals surface area contributed by atoms with Crippen molar-refractivity contribution < 1.29 is 23.1 Å². The lowest BCUT2D eigenvalue weighted by Crippen LogP contribution is -2.33. The number of rotatable bonds is 5. The minimum Gasteiger partial charge on any atom is -0.486 e. The zero-order valence-electron chi connectivity index (χ0n) is 20.3. The molecule has 38 heavy (non-hydrogen) atoms. The molecule has 2 aromatic heterocycles. The van der Waals surface area contributed by atoms with Gasteiger partial charge in [0.25, 0.3) is 5.91 Å². The summed E-state index contributed by atoms with van der Waals surface area (Å²) in [4.78, 5) is 23.1. The molecule has 0 saturated carbocycles. The topological polar surface area (TPSA) is 114 Å². The number of halogens is 2. The van der Waals surface area contributed by atoms with Crippen molar-refractivity contribution >= 4 is 52.4 Å². The molecule has 3 N–H and O–H groups in total. The molecule has 1 saturated heterocycles. The van der Waals surface area contributed by atoms with E-state index in [9.17, 15) is 9.18 Å². The first-order chi connectivity index (χ1) is 18.1. The number of amides is 1. The summed E-state index contributed by atoms with van der Waals surface area (Å²) in [7, 11) is 0. The number of hydrogen-bond acceptors (Lipinski definition) is 9. The Morgan fingerprint density at radius 2 is 1.79 bits per heavy atom. The summed E-state index contributed by atoms with van der Waals surface area (Å²) in [6, 6.07) is 12.4. The molecule has 4 aromatic rings. The van der Waals surface area contributed by atoms with Crippen LogP contribution in [-0.2, 0) is 0 Å². The van der Waals surface area contributed by atoms with E-state index in [1.54, 1.807) is 41.3 Å². The molecule has 198 valence electrons. The summed E-state index contributed by atoms with van der Waals surface area (Å²) in [6.45, 7) is 3.96. The van der Waals surface area contributed by atoms with E-state index in [1.165, 1.54) is 0 Å². The van der Waals surface area contributed by atoms with Crippen molar-refractivity contribution in [1.82, 2.24) is 20.2 Å². The third-order valence-corrected chi connectivity index (χ3v) is 6.16. The molecule has 6 rings (SSSR count). The number of carbonyl (C=O) groups is 1. The highest BCUT2D eigenvalue weighted by molar-refractivity contribution is 5.96. The Labute approximate surface area is 223 Å². The molecule has 1 fully saturated rings. The van der Waals surface area contributed by atoms with Crippen molar-refractivity contribution in [3.8, 4) is 11.5 Å². The molecule has 1 amide bonds. The first-order valence-corrected chi connectivity index (χ1v) is 12.1. The number of furan rings is 1. The van der Waals surface area contributed by atoms with Gasteiger partial charge in [0.05, 0.1) is 6.20 Å². The Morgan fingerprint density at radius 1 is 0.974 bits per heavy atom. The van der Waals surface area contributed by atoms with Gasteiger partial charge >= 0.3 is 0 Å². The van der Waals surface area contributed by atoms with Crippen LogP contribution < -0.4 is 25.4 Å². The fourth-order valence-electron chi connectivity index (χ4n) is 4.33. The maximum atomic E-state index is 14.5. The Balaban J connectivity index is 0.00000294. The maximum absolute atomic E-state index is 14.5. The number of aromatic nitrogens is 2. The molecular formula is C26H26ClFN6O4. The summed E-state index contributed by atoms with van der Waals surface area (Å²) in [6.07, 6.45) is 2.00. The van der Waals surface area contributed by atoms with Gasteiger partial charge in [0, 0.05) is 42.5 Å². The van der Waals surface area contributed by atoms with E-state index in [1.807, 2.05) is 6.07 Å². The van der Waals surface area contributed by atoms with Gasteiger partial charge in [-0.15, -0.1) is 12.4 Å². The normalized spacial score (nSPS) is 14.9. The molecule has 2 aromatic carbocycles. The van der Waals surface area contributed by atoms with Gasteiger partial charge in [-0.1, -0.05) is 0 Å². The van der Waals surface area contributed by atoms with Gasteiger partial charge < -0.3 is 34.7 Å². The van der Waals surface area contributed by atoms with Crippen molar-refractivity contribution in [3.63, 3.8) is 0 Å². The molecule has 0 aliphatic carbocycles. The zero-order chi connectivity index (χ0) is 25.2. The van der Waals surface area contributed by atoms with Crippen molar-refractivity contribution in [1.29, 1.82) is 0 Å². The monoisotopic (exact) mass is 540 g/mol. The Kier molecular flexibility index (Phi) is 7.47. The van der Waals surface area contributed by atoms with E-state index < -0.39 is 5.82 Å². The van der Waals surface area contributed by atoms with Gasteiger partial charge in [0.2, 0.25) is 5.95 Å². The quantitative estimate of drug-likeness (QED) is 0.337. The highest BCUT2D eigenvalue weighted by Gasteiger charge is 2.21. The lowest BCUT2D eigenvalue weighted by atomic mass is 10.2. The lowest BCUT2D eigenvalue weighted by molar-refractivity contribution is 0.0737. The number of carbonyl (C=O) groups excluding carboxylic acids is 1.